The van der Waals surface area contributed by atoms with Gasteiger partial charge in [-0.15, -0.1) is 0 Å². The van der Waals surface area contributed by atoms with Gasteiger partial charge in [0.05, 0.1) is 11.2 Å². The Morgan fingerprint density at radius 2 is 1.91 bits per heavy atom. The van der Waals surface area contributed by atoms with Crippen LogP contribution in [0.4, 0.5) is 0 Å². The summed E-state index contributed by atoms with van der Waals surface area (Å²) in [6, 6.07) is 5.15. The fraction of sp³-hybridized carbons (Fsp3) is 0.588. The quantitative estimate of drug-likeness (QED) is 0.663. The van der Waals surface area contributed by atoms with Crippen molar-refractivity contribution in [3.05, 3.63) is 29.3 Å². The van der Waals surface area contributed by atoms with Gasteiger partial charge in [-0.1, -0.05) is 19.1 Å². The van der Waals surface area contributed by atoms with Crippen LogP contribution in [0.2, 0.25) is 0 Å². The third-order valence-corrected chi connectivity index (χ3v) is 4.30. The Morgan fingerprint density at radius 3 is 2.43 bits per heavy atom. The lowest BCUT2D eigenvalue weighted by atomic mass is 9.73. The van der Waals surface area contributed by atoms with E-state index in [-0.39, 0.29) is 5.91 Å². The lowest BCUT2D eigenvalue weighted by Gasteiger charge is -2.38. The van der Waals surface area contributed by atoms with Gasteiger partial charge in [-0.3, -0.25) is 4.79 Å². The largest absolute Gasteiger partial charge is 0.491 e. The fourth-order valence-electron chi connectivity index (χ4n) is 1.99. The van der Waals surface area contributed by atoms with E-state index >= 15 is 0 Å². The van der Waals surface area contributed by atoms with Gasteiger partial charge in [-0.05, 0) is 58.1 Å². The Bertz CT molecular complexity index is 552. The van der Waals surface area contributed by atoms with E-state index in [0.29, 0.717) is 23.1 Å². The van der Waals surface area contributed by atoms with Crippen LogP contribution < -0.4 is 10.8 Å². The van der Waals surface area contributed by atoms with E-state index in [2.05, 4.69) is 5.32 Å². The number of amides is 1. The van der Waals surface area contributed by atoms with E-state index < -0.39 is 18.3 Å². The van der Waals surface area contributed by atoms with E-state index in [1.807, 2.05) is 6.92 Å². The van der Waals surface area contributed by atoms with Crippen molar-refractivity contribution in [1.29, 1.82) is 0 Å². The summed E-state index contributed by atoms with van der Waals surface area (Å²) in [7, 11) is -1.23. The molecular weight excluding hydrogens is 293 g/mol. The van der Waals surface area contributed by atoms with Crippen molar-refractivity contribution in [2.24, 2.45) is 0 Å². The zero-order valence-corrected chi connectivity index (χ0v) is 14.9. The summed E-state index contributed by atoms with van der Waals surface area (Å²) in [5, 5.41) is 23.4. The van der Waals surface area contributed by atoms with Crippen LogP contribution in [0.15, 0.2) is 18.2 Å². The molecule has 1 amide bonds. The summed E-state index contributed by atoms with van der Waals surface area (Å²) >= 11 is 0. The number of benzene rings is 1. The van der Waals surface area contributed by atoms with Gasteiger partial charge in [0, 0.05) is 12.1 Å². The van der Waals surface area contributed by atoms with E-state index in [1.54, 1.807) is 52.8 Å². The summed E-state index contributed by atoms with van der Waals surface area (Å²) < 4.78 is 5.66. The first-order valence-corrected chi connectivity index (χ1v) is 7.97. The van der Waals surface area contributed by atoms with Crippen LogP contribution in [0, 0.1) is 6.92 Å². The average Bonchev–Trinajstić information content (AvgIpc) is 2.43. The molecule has 0 saturated heterocycles. The minimum absolute atomic E-state index is 0.167. The zero-order chi connectivity index (χ0) is 17.8. The molecule has 0 aliphatic carbocycles. The molecule has 1 rings (SSSR count). The lowest BCUT2D eigenvalue weighted by molar-refractivity contribution is -0.0982. The van der Waals surface area contributed by atoms with Crippen LogP contribution in [0.5, 0.6) is 0 Å². The summed E-state index contributed by atoms with van der Waals surface area (Å²) in [4.78, 5) is 12.2. The predicted molar refractivity (Wildman–Crippen MR) is 92.9 cm³/mol. The second-order valence-electron chi connectivity index (χ2n) is 6.82. The highest BCUT2D eigenvalue weighted by atomic mass is 16.5. The summed E-state index contributed by atoms with van der Waals surface area (Å²) in [6.07, 6.45) is 0.857. The first-order chi connectivity index (χ1) is 10.5. The molecule has 0 saturated carbocycles. The number of aliphatic hydroxyl groups is 1. The molecule has 0 bridgehead atoms. The van der Waals surface area contributed by atoms with Gasteiger partial charge >= 0.3 is 7.12 Å². The van der Waals surface area contributed by atoms with E-state index in [4.69, 9.17) is 4.65 Å². The summed E-state index contributed by atoms with van der Waals surface area (Å²) in [5.74, 6) is -0.167. The maximum Gasteiger partial charge on any atom is 0.491 e. The van der Waals surface area contributed by atoms with Gasteiger partial charge in [0.1, 0.15) is 0 Å². The van der Waals surface area contributed by atoms with Crippen LogP contribution in [-0.2, 0) is 4.65 Å². The summed E-state index contributed by atoms with van der Waals surface area (Å²) in [6.45, 7) is 11.0. The maximum atomic E-state index is 12.2. The minimum Gasteiger partial charge on any atom is -0.423 e. The Morgan fingerprint density at radius 1 is 1.30 bits per heavy atom. The van der Waals surface area contributed by atoms with Crippen molar-refractivity contribution in [3.8, 4) is 0 Å². The zero-order valence-electron chi connectivity index (χ0n) is 14.9. The van der Waals surface area contributed by atoms with Gasteiger partial charge < -0.3 is 20.1 Å². The van der Waals surface area contributed by atoms with Gasteiger partial charge in [0.2, 0.25) is 0 Å². The Kier molecular flexibility index (Phi) is 6.39. The molecule has 0 spiro atoms. The molecule has 128 valence electrons. The number of carbonyl (C=O) groups excluding carboxylic acids is 1. The van der Waals surface area contributed by atoms with Crippen LogP contribution in [0.3, 0.4) is 0 Å². The number of nitrogens with one attached hydrogen (secondary N) is 1. The molecule has 23 heavy (non-hydrogen) atoms. The molecule has 0 fully saturated rings. The second-order valence-corrected chi connectivity index (χ2v) is 6.82. The second kappa shape index (κ2) is 7.47. The molecule has 0 aliphatic heterocycles. The predicted octanol–water partition coefficient (Wildman–Crippen LogP) is 1.39. The summed E-state index contributed by atoms with van der Waals surface area (Å²) in [5.41, 5.74) is -0.386. The van der Waals surface area contributed by atoms with Crippen molar-refractivity contribution >= 4 is 18.5 Å². The SMILES string of the molecule is CCCNC(=O)c1cccc(B(O)OC(C)(C)C(C)(C)O)c1C. The standard InChI is InChI=1S/C17H28BNO4/c1-7-11-19-15(20)13-9-8-10-14(12(13)2)18(22)23-17(5,6)16(3,4)21/h8-10,21-22H,7,11H2,1-6H3,(H,19,20). The molecule has 1 aromatic carbocycles. The van der Waals surface area contributed by atoms with Crippen molar-refractivity contribution in [2.75, 3.05) is 6.54 Å². The van der Waals surface area contributed by atoms with Gasteiger partial charge in [0.15, 0.2) is 0 Å². The van der Waals surface area contributed by atoms with Gasteiger partial charge in [-0.25, -0.2) is 0 Å². The van der Waals surface area contributed by atoms with Crippen LogP contribution in [-0.4, -0.2) is 40.9 Å². The van der Waals surface area contributed by atoms with Crippen molar-refractivity contribution < 1.29 is 19.6 Å². The molecule has 0 atom stereocenters. The van der Waals surface area contributed by atoms with E-state index in [9.17, 15) is 14.9 Å². The Balaban J connectivity index is 3.03. The monoisotopic (exact) mass is 321 g/mol. The highest BCUT2D eigenvalue weighted by molar-refractivity contribution is 6.60. The lowest BCUT2D eigenvalue weighted by Crippen LogP contribution is -2.53. The molecule has 0 aromatic heterocycles. The Labute approximate surface area is 139 Å². The first-order valence-electron chi connectivity index (χ1n) is 7.97. The molecule has 6 heteroatoms. The molecule has 0 aliphatic rings. The fourth-order valence-corrected chi connectivity index (χ4v) is 1.99. The molecule has 5 nitrogen and oxygen atoms in total. The van der Waals surface area contributed by atoms with Crippen molar-refractivity contribution in [3.63, 3.8) is 0 Å². The molecule has 1 aromatic rings. The molecule has 3 N–H and O–H groups in total. The van der Waals surface area contributed by atoms with Crippen LogP contribution in [0.1, 0.15) is 57.0 Å². The highest BCUT2D eigenvalue weighted by Crippen LogP contribution is 2.25. The van der Waals surface area contributed by atoms with Crippen LogP contribution in [0.25, 0.3) is 0 Å². The number of hydrogen-bond acceptors (Lipinski definition) is 4. The van der Waals surface area contributed by atoms with Gasteiger partial charge in [0.25, 0.3) is 5.91 Å². The topological polar surface area (TPSA) is 78.8 Å². The minimum atomic E-state index is -1.23. The van der Waals surface area contributed by atoms with Crippen molar-refractivity contribution in [1.82, 2.24) is 5.32 Å². The number of carbonyl (C=O) groups is 1. The molecule has 0 heterocycles. The molecular formula is C17H28BNO4. The first kappa shape index (κ1) is 19.7. The average molecular weight is 321 g/mol. The smallest absolute Gasteiger partial charge is 0.423 e. The highest BCUT2D eigenvalue weighted by Gasteiger charge is 2.40. The molecule has 0 unspecified atom stereocenters. The van der Waals surface area contributed by atoms with E-state index in [0.717, 1.165) is 6.42 Å². The van der Waals surface area contributed by atoms with Gasteiger partial charge in [-0.2, -0.15) is 0 Å². The van der Waals surface area contributed by atoms with Crippen LogP contribution >= 0.6 is 0 Å². The molecule has 0 radical (unpaired) electrons. The third-order valence-electron chi connectivity index (χ3n) is 4.30. The van der Waals surface area contributed by atoms with Crippen molar-refractivity contribution in [2.45, 2.75) is 59.2 Å². The number of hydrogen-bond donors (Lipinski definition) is 3. The Hall–Kier alpha value is -1.37. The number of rotatable bonds is 7. The normalized spacial score (nSPS) is 12.2. The van der Waals surface area contributed by atoms with E-state index in [1.165, 1.54) is 0 Å². The third kappa shape index (κ3) is 4.80. The maximum absolute atomic E-state index is 12.2.